The molecule has 0 saturated carbocycles. The lowest BCUT2D eigenvalue weighted by Crippen LogP contribution is -2.55. The van der Waals surface area contributed by atoms with Gasteiger partial charge in [-0.05, 0) is 67.4 Å². The van der Waals surface area contributed by atoms with Gasteiger partial charge in [-0.2, -0.15) is 0 Å². The molecule has 5 atom stereocenters. The Labute approximate surface area is 266 Å². The van der Waals surface area contributed by atoms with Gasteiger partial charge in [0.05, 0.1) is 33.9 Å². The minimum atomic E-state index is -2.37. The Kier molecular flexibility index (Phi) is 9.86. The van der Waals surface area contributed by atoms with Crippen molar-refractivity contribution in [3.05, 3.63) is 77.9 Å². The van der Waals surface area contributed by atoms with Gasteiger partial charge in [0.2, 0.25) is 5.91 Å². The first-order chi connectivity index (χ1) is 21.6. The summed E-state index contributed by atoms with van der Waals surface area (Å²) in [5.74, 6) is 1.19. The van der Waals surface area contributed by atoms with Crippen LogP contribution in [-0.2, 0) is 9.53 Å². The first kappa shape index (κ1) is 32.5. The molecular formula is C35H45N3O6Si. The van der Waals surface area contributed by atoms with Crippen molar-refractivity contribution in [2.75, 3.05) is 38.4 Å². The molecule has 0 aromatic heterocycles. The normalized spacial score (nSPS) is 21.9. The quantitative estimate of drug-likeness (QED) is 0.213. The lowest BCUT2D eigenvalue weighted by Gasteiger charge is -2.46. The van der Waals surface area contributed by atoms with Crippen molar-refractivity contribution in [1.29, 1.82) is 0 Å². The minimum Gasteiger partial charge on any atom is -0.497 e. The van der Waals surface area contributed by atoms with Crippen LogP contribution in [0.15, 0.2) is 66.7 Å². The zero-order valence-corrected chi connectivity index (χ0v) is 27.8. The molecule has 3 aromatic carbocycles. The lowest BCUT2D eigenvalue weighted by molar-refractivity contribution is -0.133. The van der Waals surface area contributed by atoms with Crippen LogP contribution in [0.3, 0.4) is 0 Å². The van der Waals surface area contributed by atoms with Crippen molar-refractivity contribution >= 4 is 36.4 Å². The van der Waals surface area contributed by atoms with Gasteiger partial charge in [0.25, 0.3) is 5.91 Å². The van der Waals surface area contributed by atoms with Gasteiger partial charge in [0.15, 0.2) is 0 Å². The van der Waals surface area contributed by atoms with E-state index in [2.05, 4.69) is 37.5 Å². The van der Waals surface area contributed by atoms with Gasteiger partial charge in [-0.3, -0.25) is 9.59 Å². The number of nitrogens with zero attached hydrogens (tertiary/aromatic N) is 1. The van der Waals surface area contributed by atoms with Crippen LogP contribution in [0.1, 0.15) is 48.2 Å². The number of hydrogen-bond acceptors (Lipinski definition) is 7. The molecule has 45 heavy (non-hydrogen) atoms. The summed E-state index contributed by atoms with van der Waals surface area (Å²) in [6.45, 7) is 7.34. The Balaban J connectivity index is 1.47. The summed E-state index contributed by atoms with van der Waals surface area (Å²) < 4.78 is 18.4. The van der Waals surface area contributed by atoms with Crippen LogP contribution in [0.4, 0.5) is 11.4 Å². The molecule has 2 aliphatic rings. The molecule has 3 aromatic rings. The fourth-order valence-electron chi connectivity index (χ4n) is 6.97. The van der Waals surface area contributed by atoms with Crippen molar-refractivity contribution in [3.63, 3.8) is 0 Å². The fraction of sp³-hybridized carbons (Fsp3) is 0.429. The van der Waals surface area contributed by atoms with Gasteiger partial charge < -0.3 is 35.3 Å². The van der Waals surface area contributed by atoms with E-state index in [1.165, 1.54) is 5.19 Å². The van der Waals surface area contributed by atoms with Gasteiger partial charge in [-0.25, -0.2) is 0 Å². The maximum atomic E-state index is 13.9. The largest absolute Gasteiger partial charge is 0.497 e. The van der Waals surface area contributed by atoms with E-state index >= 15 is 0 Å². The molecule has 0 aliphatic carbocycles. The van der Waals surface area contributed by atoms with E-state index in [-0.39, 0.29) is 48.1 Å². The molecule has 1 fully saturated rings. The van der Waals surface area contributed by atoms with Gasteiger partial charge in [-0.15, -0.1) is 0 Å². The van der Waals surface area contributed by atoms with Crippen LogP contribution in [0, 0.1) is 5.92 Å². The highest BCUT2D eigenvalue weighted by molar-refractivity contribution is 6.91. The SMILES string of the molecule is COc1ccc([Si](C)(C)C(CC(=O)N2CCC[C@H]2CO)[C@@H]2Oc3ccc(NC(=O)c4ccc(N)cc4)cc3[C@H](OC)[C@H]2C)cc1. The van der Waals surface area contributed by atoms with E-state index in [1.807, 2.05) is 35.2 Å². The number of fused-ring (bicyclic) bond motifs is 1. The summed E-state index contributed by atoms with van der Waals surface area (Å²) in [7, 11) is 0.974. The number of anilines is 2. The van der Waals surface area contributed by atoms with Crippen LogP contribution in [0.25, 0.3) is 0 Å². The average molecular weight is 632 g/mol. The smallest absolute Gasteiger partial charge is 0.255 e. The maximum absolute atomic E-state index is 13.9. The van der Waals surface area contributed by atoms with Crippen LogP contribution in [0.2, 0.25) is 18.6 Å². The Hall–Kier alpha value is -3.86. The number of carbonyl (C=O) groups excluding carboxylic acids is 2. The second-order valence-corrected chi connectivity index (χ2v) is 17.5. The summed E-state index contributed by atoms with van der Waals surface area (Å²) in [4.78, 5) is 28.7. The molecule has 1 unspecified atom stereocenters. The Morgan fingerprint density at radius 1 is 1.09 bits per heavy atom. The third kappa shape index (κ3) is 6.73. The van der Waals surface area contributed by atoms with E-state index in [1.54, 1.807) is 38.5 Å². The molecule has 0 spiro atoms. The topological polar surface area (TPSA) is 123 Å². The number of hydrogen-bond donors (Lipinski definition) is 3. The third-order valence-corrected chi connectivity index (χ3v) is 13.9. The second kappa shape index (κ2) is 13.6. The highest BCUT2D eigenvalue weighted by Gasteiger charge is 2.48. The number of likely N-dealkylation sites (tertiary alicyclic amines) is 1. The average Bonchev–Trinajstić information content (AvgIpc) is 3.53. The Morgan fingerprint density at radius 3 is 2.44 bits per heavy atom. The van der Waals surface area contributed by atoms with E-state index < -0.39 is 8.07 Å². The molecule has 9 nitrogen and oxygen atoms in total. The summed E-state index contributed by atoms with van der Waals surface area (Å²) in [5, 5.41) is 14.1. The first-order valence-corrected chi connectivity index (χ1v) is 18.7. The fourth-order valence-corrected chi connectivity index (χ4v) is 10.3. The van der Waals surface area contributed by atoms with Gasteiger partial charge >= 0.3 is 0 Å². The zero-order chi connectivity index (χ0) is 32.3. The number of ether oxygens (including phenoxy) is 3. The number of nitrogen functional groups attached to an aromatic ring is 1. The number of carbonyl (C=O) groups is 2. The van der Waals surface area contributed by atoms with E-state index in [0.29, 0.717) is 35.7 Å². The highest BCUT2D eigenvalue weighted by Crippen LogP contribution is 2.48. The number of benzene rings is 3. The van der Waals surface area contributed by atoms with Crippen molar-refractivity contribution < 1.29 is 28.9 Å². The first-order valence-electron chi connectivity index (χ1n) is 15.6. The predicted octanol–water partition coefficient (Wildman–Crippen LogP) is 4.97. The van der Waals surface area contributed by atoms with Gasteiger partial charge in [-0.1, -0.05) is 37.3 Å². The highest BCUT2D eigenvalue weighted by atomic mass is 28.3. The molecule has 1 saturated heterocycles. The zero-order valence-electron chi connectivity index (χ0n) is 26.8. The maximum Gasteiger partial charge on any atom is 0.255 e. The molecule has 0 bridgehead atoms. The van der Waals surface area contributed by atoms with Gasteiger partial charge in [0, 0.05) is 54.0 Å². The molecular weight excluding hydrogens is 586 g/mol. The van der Waals surface area contributed by atoms with E-state index in [9.17, 15) is 14.7 Å². The van der Waals surface area contributed by atoms with Crippen molar-refractivity contribution in [2.45, 2.75) is 63.1 Å². The molecule has 2 aliphatic heterocycles. The minimum absolute atomic E-state index is 0.0254. The number of nitrogens with one attached hydrogen (secondary N) is 1. The van der Waals surface area contributed by atoms with Crippen LogP contribution < -0.4 is 25.7 Å². The number of aliphatic hydroxyl groups excluding tert-OH is 1. The monoisotopic (exact) mass is 631 g/mol. The molecule has 240 valence electrons. The summed E-state index contributed by atoms with van der Waals surface area (Å²) in [6.07, 6.45) is 1.41. The third-order valence-electron chi connectivity index (χ3n) is 9.72. The summed E-state index contributed by atoms with van der Waals surface area (Å²) in [6, 6.07) is 20.4. The predicted molar refractivity (Wildman–Crippen MR) is 179 cm³/mol. The Bertz CT molecular complexity index is 1500. The van der Waals surface area contributed by atoms with Crippen molar-refractivity contribution in [1.82, 2.24) is 4.90 Å². The van der Waals surface area contributed by atoms with Gasteiger partial charge in [0.1, 0.15) is 17.6 Å². The van der Waals surface area contributed by atoms with Crippen LogP contribution in [-0.4, -0.2) is 69.4 Å². The number of rotatable bonds is 10. The van der Waals surface area contributed by atoms with Crippen molar-refractivity contribution in [2.24, 2.45) is 5.92 Å². The Morgan fingerprint density at radius 2 is 1.80 bits per heavy atom. The number of nitrogens with two attached hydrogens (primary N) is 1. The number of amides is 2. The molecule has 0 radical (unpaired) electrons. The standard InChI is InChI=1S/C35H45N3O6Si/c1-22-33(43-3)29-19-25(37-35(41)23-8-10-24(36)11-9-23)12-17-30(29)44-34(22)31(20-32(40)38-18-6-7-26(38)21-39)45(4,5)28-15-13-27(42-2)14-16-28/h8-17,19,22,26,31,33-34,39H,6-7,18,20-21,36H2,1-5H3,(H,37,41)/t22-,26+,31?,33-,34-/m1/s1. The van der Waals surface area contributed by atoms with E-state index in [0.717, 1.165) is 24.2 Å². The van der Waals surface area contributed by atoms with Crippen LogP contribution >= 0.6 is 0 Å². The lowest BCUT2D eigenvalue weighted by atomic mass is 9.86. The number of methoxy groups -OCH3 is 2. The van der Waals surface area contributed by atoms with E-state index in [4.69, 9.17) is 19.9 Å². The molecule has 2 amide bonds. The molecule has 2 heterocycles. The number of aliphatic hydroxyl groups is 1. The summed E-state index contributed by atoms with van der Waals surface area (Å²) >= 11 is 0. The molecule has 10 heteroatoms. The second-order valence-electron chi connectivity index (χ2n) is 12.8. The summed E-state index contributed by atoms with van der Waals surface area (Å²) in [5.41, 5.74) is 8.28. The van der Waals surface area contributed by atoms with Crippen molar-refractivity contribution in [3.8, 4) is 11.5 Å². The van der Waals surface area contributed by atoms with Crippen LogP contribution in [0.5, 0.6) is 11.5 Å². The molecule has 4 N–H and O–H groups in total. The molecule has 5 rings (SSSR count).